The molecule has 0 aromatic rings. The minimum Gasteiger partial charge on any atom is -0.381 e. The molecule has 1 aliphatic heterocycles. The van der Waals surface area contributed by atoms with E-state index in [1.54, 1.807) is 0 Å². The summed E-state index contributed by atoms with van der Waals surface area (Å²) in [5.74, 6) is 1.69. The fourth-order valence-corrected chi connectivity index (χ4v) is 2.64. The Bertz CT molecular complexity index is 127. The molecule has 1 nitrogen and oxygen atoms in total. The average molecular weight is 154 g/mol. The molecule has 2 rings (SSSR count). The summed E-state index contributed by atoms with van der Waals surface area (Å²) in [5.41, 5.74) is 0.566. The van der Waals surface area contributed by atoms with Crippen molar-refractivity contribution in [2.45, 2.75) is 33.1 Å². The van der Waals surface area contributed by atoms with Gasteiger partial charge in [0.2, 0.25) is 0 Å². The van der Waals surface area contributed by atoms with Gasteiger partial charge in [-0.15, -0.1) is 0 Å². The van der Waals surface area contributed by atoms with E-state index in [4.69, 9.17) is 4.74 Å². The lowest BCUT2D eigenvalue weighted by atomic mass is 9.61. The maximum absolute atomic E-state index is 5.57. The third-order valence-electron chi connectivity index (χ3n) is 3.85. The molecule has 2 unspecified atom stereocenters. The van der Waals surface area contributed by atoms with Crippen molar-refractivity contribution in [3.63, 3.8) is 0 Å². The smallest absolute Gasteiger partial charge is 0.0499 e. The van der Waals surface area contributed by atoms with Crippen LogP contribution in [0.5, 0.6) is 0 Å². The van der Waals surface area contributed by atoms with Crippen LogP contribution in [0, 0.1) is 17.3 Å². The van der Waals surface area contributed by atoms with E-state index in [2.05, 4.69) is 13.8 Å². The minimum atomic E-state index is 0.566. The topological polar surface area (TPSA) is 9.23 Å². The molecule has 11 heavy (non-hydrogen) atoms. The van der Waals surface area contributed by atoms with E-state index in [0.717, 1.165) is 25.0 Å². The van der Waals surface area contributed by atoms with E-state index in [-0.39, 0.29) is 0 Å². The normalized spacial score (nSPS) is 42.0. The molecule has 0 spiro atoms. The summed E-state index contributed by atoms with van der Waals surface area (Å²) >= 11 is 0. The second kappa shape index (κ2) is 2.48. The van der Waals surface area contributed by atoms with Crippen LogP contribution in [0.3, 0.4) is 0 Å². The second-order valence-electron chi connectivity index (χ2n) is 4.68. The van der Waals surface area contributed by atoms with Crippen molar-refractivity contribution in [1.82, 2.24) is 0 Å². The van der Waals surface area contributed by atoms with Crippen molar-refractivity contribution >= 4 is 0 Å². The van der Waals surface area contributed by atoms with Crippen LogP contribution >= 0.6 is 0 Å². The summed E-state index contributed by atoms with van der Waals surface area (Å²) in [6.07, 6.45) is 4.22. The fraction of sp³-hybridized carbons (Fsp3) is 1.00. The predicted molar refractivity (Wildman–Crippen MR) is 45.4 cm³/mol. The van der Waals surface area contributed by atoms with Crippen LogP contribution in [0.1, 0.15) is 33.1 Å². The van der Waals surface area contributed by atoms with E-state index in [0.29, 0.717) is 5.41 Å². The first-order valence-electron chi connectivity index (χ1n) is 4.79. The zero-order valence-corrected chi connectivity index (χ0v) is 7.60. The number of hydrogen-bond donors (Lipinski definition) is 0. The third kappa shape index (κ3) is 1.10. The summed E-state index contributed by atoms with van der Waals surface area (Å²) in [6.45, 7) is 6.88. The Morgan fingerprint density at radius 1 is 1.09 bits per heavy atom. The molecule has 1 heterocycles. The summed E-state index contributed by atoms with van der Waals surface area (Å²) in [4.78, 5) is 0. The largest absolute Gasteiger partial charge is 0.381 e. The standard InChI is InChI=1S/C10H18O/c1-10(2)8-4-3-5-9(10)7-11-6-8/h8-9H,3-7H2,1-2H3. The zero-order valence-electron chi connectivity index (χ0n) is 7.60. The number of ether oxygens (including phenoxy) is 1. The van der Waals surface area contributed by atoms with Gasteiger partial charge in [-0.05, 0) is 30.1 Å². The molecule has 2 bridgehead atoms. The van der Waals surface area contributed by atoms with E-state index < -0.39 is 0 Å². The molecule has 1 saturated heterocycles. The Balaban J connectivity index is 2.17. The van der Waals surface area contributed by atoms with Gasteiger partial charge in [0.1, 0.15) is 0 Å². The van der Waals surface area contributed by atoms with Gasteiger partial charge in [0.15, 0.2) is 0 Å². The summed E-state index contributed by atoms with van der Waals surface area (Å²) in [7, 11) is 0. The maximum atomic E-state index is 5.57. The van der Waals surface area contributed by atoms with Crippen molar-refractivity contribution in [2.75, 3.05) is 13.2 Å². The lowest BCUT2D eigenvalue weighted by molar-refractivity contribution is -0.0996. The molecule has 0 aromatic heterocycles. The van der Waals surface area contributed by atoms with Gasteiger partial charge in [-0.1, -0.05) is 20.3 Å². The molecule has 1 heteroatoms. The number of rotatable bonds is 0. The van der Waals surface area contributed by atoms with Gasteiger partial charge < -0.3 is 4.74 Å². The van der Waals surface area contributed by atoms with Crippen molar-refractivity contribution < 1.29 is 4.74 Å². The van der Waals surface area contributed by atoms with Crippen LogP contribution in [0.25, 0.3) is 0 Å². The minimum absolute atomic E-state index is 0.566. The fourth-order valence-electron chi connectivity index (χ4n) is 2.64. The zero-order chi connectivity index (χ0) is 7.90. The van der Waals surface area contributed by atoms with E-state index in [1.807, 2.05) is 0 Å². The molecular weight excluding hydrogens is 136 g/mol. The van der Waals surface area contributed by atoms with Gasteiger partial charge in [-0.2, -0.15) is 0 Å². The second-order valence-corrected chi connectivity index (χ2v) is 4.68. The van der Waals surface area contributed by atoms with Crippen molar-refractivity contribution in [1.29, 1.82) is 0 Å². The van der Waals surface area contributed by atoms with Crippen molar-refractivity contribution in [3.05, 3.63) is 0 Å². The molecule has 2 fully saturated rings. The maximum Gasteiger partial charge on any atom is 0.0499 e. The highest BCUT2D eigenvalue weighted by molar-refractivity contribution is 4.91. The molecule has 2 aliphatic rings. The molecule has 0 amide bonds. The van der Waals surface area contributed by atoms with Crippen LogP contribution in [-0.2, 0) is 4.74 Å². The Hall–Kier alpha value is -0.0400. The molecule has 2 atom stereocenters. The SMILES string of the molecule is CC1(C)C2CCCC1COC2. The van der Waals surface area contributed by atoms with Gasteiger partial charge in [-0.25, -0.2) is 0 Å². The molecule has 0 aromatic carbocycles. The van der Waals surface area contributed by atoms with E-state index >= 15 is 0 Å². The Morgan fingerprint density at radius 2 is 1.64 bits per heavy atom. The van der Waals surface area contributed by atoms with Crippen LogP contribution in [0.4, 0.5) is 0 Å². The lowest BCUT2D eigenvalue weighted by Gasteiger charge is -2.48. The monoisotopic (exact) mass is 154 g/mol. The highest BCUT2D eigenvalue weighted by Gasteiger charge is 2.42. The molecule has 0 N–H and O–H groups in total. The number of fused-ring (bicyclic) bond motifs is 2. The summed E-state index contributed by atoms with van der Waals surface area (Å²) < 4.78 is 5.57. The van der Waals surface area contributed by atoms with Crippen LogP contribution < -0.4 is 0 Å². The van der Waals surface area contributed by atoms with Crippen LogP contribution in [0.2, 0.25) is 0 Å². The molecule has 0 radical (unpaired) electrons. The summed E-state index contributed by atoms with van der Waals surface area (Å²) in [6, 6.07) is 0. The first-order valence-corrected chi connectivity index (χ1v) is 4.79. The van der Waals surface area contributed by atoms with Crippen LogP contribution in [0.15, 0.2) is 0 Å². The van der Waals surface area contributed by atoms with Gasteiger partial charge in [0.05, 0.1) is 0 Å². The van der Waals surface area contributed by atoms with Crippen molar-refractivity contribution in [3.8, 4) is 0 Å². The average Bonchev–Trinajstić information content (AvgIpc) is 1.82. The van der Waals surface area contributed by atoms with Gasteiger partial charge in [-0.3, -0.25) is 0 Å². The predicted octanol–water partition coefficient (Wildman–Crippen LogP) is 2.46. The van der Waals surface area contributed by atoms with Gasteiger partial charge >= 0.3 is 0 Å². The van der Waals surface area contributed by atoms with Crippen molar-refractivity contribution in [2.24, 2.45) is 17.3 Å². The first kappa shape index (κ1) is 7.60. The number of hydrogen-bond acceptors (Lipinski definition) is 1. The van der Waals surface area contributed by atoms with E-state index in [1.165, 1.54) is 19.3 Å². The Labute approximate surface area is 69.1 Å². The Morgan fingerprint density at radius 3 is 2.09 bits per heavy atom. The van der Waals surface area contributed by atoms with Gasteiger partial charge in [0, 0.05) is 13.2 Å². The highest BCUT2D eigenvalue weighted by Crippen LogP contribution is 2.47. The quantitative estimate of drug-likeness (QED) is 0.521. The molecule has 1 saturated carbocycles. The Kier molecular flexibility index (Phi) is 1.71. The molecule has 64 valence electrons. The van der Waals surface area contributed by atoms with E-state index in [9.17, 15) is 0 Å². The summed E-state index contributed by atoms with van der Waals surface area (Å²) in [5, 5.41) is 0. The van der Waals surface area contributed by atoms with Gasteiger partial charge in [0.25, 0.3) is 0 Å². The third-order valence-corrected chi connectivity index (χ3v) is 3.85. The first-order chi connectivity index (χ1) is 5.21. The highest BCUT2D eigenvalue weighted by atomic mass is 16.5. The van der Waals surface area contributed by atoms with Crippen LogP contribution in [-0.4, -0.2) is 13.2 Å². The molecule has 1 aliphatic carbocycles. The molecular formula is C10H18O. The lowest BCUT2D eigenvalue weighted by Crippen LogP contribution is -2.45.